The van der Waals surface area contributed by atoms with Crippen molar-refractivity contribution >= 4 is 5.69 Å². The summed E-state index contributed by atoms with van der Waals surface area (Å²) in [4.78, 5) is 15.5. The fourth-order valence-corrected chi connectivity index (χ4v) is 1.37. The van der Waals surface area contributed by atoms with E-state index < -0.39 is 0 Å². The molecular weight excluding hydrogens is 208 g/mol. The largest absolute Gasteiger partial charge is 0.302 e. The van der Waals surface area contributed by atoms with Crippen molar-refractivity contribution in [2.75, 3.05) is 6.61 Å². The fourth-order valence-electron chi connectivity index (χ4n) is 1.37. The van der Waals surface area contributed by atoms with Gasteiger partial charge >= 0.3 is 0 Å². The van der Waals surface area contributed by atoms with E-state index in [-0.39, 0.29) is 16.7 Å². The number of nitro groups is 1. The minimum Gasteiger partial charge on any atom is -0.302 e. The van der Waals surface area contributed by atoms with Crippen LogP contribution in [0.5, 0.6) is 0 Å². The highest BCUT2D eigenvalue weighted by Gasteiger charge is 2.14. The fraction of sp³-hybridized carbons (Fsp3) is 0.455. The Bertz CT molecular complexity index is 379. The summed E-state index contributed by atoms with van der Waals surface area (Å²) in [6.07, 6.45) is 0. The Hall–Kier alpha value is -1.46. The smallest absolute Gasteiger partial charge is 0.272 e. The molecule has 16 heavy (non-hydrogen) atoms. The highest BCUT2D eigenvalue weighted by atomic mass is 16.6. The molecule has 1 unspecified atom stereocenters. The first-order valence-electron chi connectivity index (χ1n) is 5.18. The molecular formula is C11H16N2O3. The Kier molecular flexibility index (Phi) is 4.39. The van der Waals surface area contributed by atoms with E-state index in [1.54, 1.807) is 19.1 Å². The maximum atomic E-state index is 10.8. The highest BCUT2D eigenvalue weighted by molar-refractivity contribution is 5.43. The van der Waals surface area contributed by atoms with Gasteiger partial charge in [-0.3, -0.25) is 10.1 Å². The van der Waals surface area contributed by atoms with Gasteiger partial charge in [0.2, 0.25) is 0 Å². The monoisotopic (exact) mass is 224 g/mol. The van der Waals surface area contributed by atoms with Crippen molar-refractivity contribution in [1.29, 1.82) is 0 Å². The summed E-state index contributed by atoms with van der Waals surface area (Å²) in [6.45, 7) is 6.04. The van der Waals surface area contributed by atoms with E-state index >= 15 is 0 Å². The predicted molar refractivity (Wildman–Crippen MR) is 61.0 cm³/mol. The van der Waals surface area contributed by atoms with Gasteiger partial charge in [-0.25, -0.2) is 0 Å². The molecule has 0 aliphatic rings. The average Bonchev–Trinajstić information content (AvgIpc) is 2.26. The number of aryl methyl sites for hydroxylation is 1. The van der Waals surface area contributed by atoms with Gasteiger partial charge in [0.15, 0.2) is 0 Å². The molecule has 1 aromatic carbocycles. The van der Waals surface area contributed by atoms with Gasteiger partial charge in [0.25, 0.3) is 5.69 Å². The van der Waals surface area contributed by atoms with Gasteiger partial charge in [-0.2, -0.15) is 5.48 Å². The highest BCUT2D eigenvalue weighted by Crippen LogP contribution is 2.22. The van der Waals surface area contributed by atoms with Crippen LogP contribution < -0.4 is 5.48 Å². The van der Waals surface area contributed by atoms with E-state index in [9.17, 15) is 10.1 Å². The van der Waals surface area contributed by atoms with E-state index in [1.165, 1.54) is 0 Å². The molecule has 0 amide bonds. The molecule has 0 aromatic heterocycles. The third-order valence-corrected chi connectivity index (χ3v) is 2.33. The summed E-state index contributed by atoms with van der Waals surface area (Å²) in [5.74, 6) is 0. The van der Waals surface area contributed by atoms with Gasteiger partial charge in [-0.15, -0.1) is 0 Å². The molecule has 5 nitrogen and oxygen atoms in total. The Morgan fingerprint density at radius 1 is 1.56 bits per heavy atom. The average molecular weight is 224 g/mol. The van der Waals surface area contributed by atoms with E-state index in [0.717, 1.165) is 5.56 Å². The quantitative estimate of drug-likeness (QED) is 0.616. The van der Waals surface area contributed by atoms with Crippen LogP contribution in [-0.2, 0) is 4.84 Å². The second-order valence-corrected chi connectivity index (χ2v) is 3.58. The standard InChI is InChI=1S/C11H16N2O3/c1-4-16-12-9(3)10-6-5-8(2)11(7-10)13(14)15/h5-7,9,12H,4H2,1-3H3. The van der Waals surface area contributed by atoms with E-state index in [0.29, 0.717) is 12.2 Å². The number of nitrogens with one attached hydrogen (secondary N) is 1. The van der Waals surface area contributed by atoms with Gasteiger partial charge in [0.05, 0.1) is 17.6 Å². The van der Waals surface area contributed by atoms with Crippen LogP contribution in [0.15, 0.2) is 18.2 Å². The number of hydrogen-bond donors (Lipinski definition) is 1. The maximum absolute atomic E-state index is 10.8. The molecule has 5 heteroatoms. The van der Waals surface area contributed by atoms with E-state index in [4.69, 9.17) is 4.84 Å². The van der Waals surface area contributed by atoms with Crippen molar-refractivity contribution in [2.24, 2.45) is 0 Å². The third kappa shape index (κ3) is 3.01. The summed E-state index contributed by atoms with van der Waals surface area (Å²) in [5, 5.41) is 10.8. The summed E-state index contributed by atoms with van der Waals surface area (Å²) in [7, 11) is 0. The van der Waals surface area contributed by atoms with Crippen molar-refractivity contribution in [3.05, 3.63) is 39.4 Å². The molecule has 0 aliphatic carbocycles. The topological polar surface area (TPSA) is 64.4 Å². The zero-order valence-electron chi connectivity index (χ0n) is 9.69. The Labute approximate surface area is 94.5 Å². The van der Waals surface area contributed by atoms with Crippen molar-refractivity contribution in [2.45, 2.75) is 26.8 Å². The predicted octanol–water partition coefficient (Wildman–Crippen LogP) is 2.51. The molecule has 0 spiro atoms. The zero-order chi connectivity index (χ0) is 12.1. The lowest BCUT2D eigenvalue weighted by Crippen LogP contribution is -2.19. The summed E-state index contributed by atoms with van der Waals surface area (Å²) >= 11 is 0. The van der Waals surface area contributed by atoms with Gasteiger partial charge in [0.1, 0.15) is 0 Å². The molecule has 0 radical (unpaired) electrons. The number of benzene rings is 1. The number of rotatable bonds is 5. The summed E-state index contributed by atoms with van der Waals surface area (Å²) in [5.41, 5.74) is 4.46. The van der Waals surface area contributed by atoms with E-state index in [2.05, 4.69) is 5.48 Å². The molecule has 1 N–H and O–H groups in total. The Morgan fingerprint density at radius 3 is 2.81 bits per heavy atom. The van der Waals surface area contributed by atoms with Gasteiger partial charge < -0.3 is 4.84 Å². The molecule has 0 heterocycles. The molecule has 0 bridgehead atoms. The number of nitro benzene ring substituents is 1. The molecule has 0 saturated carbocycles. The molecule has 88 valence electrons. The maximum Gasteiger partial charge on any atom is 0.272 e. The minimum atomic E-state index is -0.369. The first-order chi connectivity index (χ1) is 7.56. The van der Waals surface area contributed by atoms with Crippen molar-refractivity contribution < 1.29 is 9.76 Å². The van der Waals surface area contributed by atoms with Crippen LogP contribution in [0.2, 0.25) is 0 Å². The molecule has 0 aliphatic heterocycles. The normalized spacial score (nSPS) is 12.4. The van der Waals surface area contributed by atoms with Crippen molar-refractivity contribution in [3.8, 4) is 0 Å². The summed E-state index contributed by atoms with van der Waals surface area (Å²) in [6, 6.07) is 5.11. The van der Waals surface area contributed by atoms with Gasteiger partial charge in [0, 0.05) is 11.6 Å². The van der Waals surface area contributed by atoms with Crippen LogP contribution in [0.25, 0.3) is 0 Å². The number of hydroxylamine groups is 1. The lowest BCUT2D eigenvalue weighted by Gasteiger charge is -2.13. The van der Waals surface area contributed by atoms with Gasteiger partial charge in [-0.1, -0.05) is 12.1 Å². The van der Waals surface area contributed by atoms with Crippen LogP contribution in [0.3, 0.4) is 0 Å². The van der Waals surface area contributed by atoms with Gasteiger partial charge in [-0.05, 0) is 26.3 Å². The molecule has 1 rings (SSSR count). The van der Waals surface area contributed by atoms with Crippen LogP contribution in [-0.4, -0.2) is 11.5 Å². The SMILES string of the molecule is CCONC(C)c1ccc(C)c([N+](=O)[O-])c1. The number of nitrogens with zero attached hydrogens (tertiary/aromatic N) is 1. The molecule has 1 aromatic rings. The molecule has 1 atom stereocenters. The first kappa shape index (κ1) is 12.6. The number of hydrogen-bond acceptors (Lipinski definition) is 4. The van der Waals surface area contributed by atoms with Crippen LogP contribution in [0, 0.1) is 17.0 Å². The third-order valence-electron chi connectivity index (χ3n) is 2.33. The second kappa shape index (κ2) is 5.58. The van der Waals surface area contributed by atoms with Crippen molar-refractivity contribution in [3.63, 3.8) is 0 Å². The first-order valence-corrected chi connectivity index (χ1v) is 5.18. The second-order valence-electron chi connectivity index (χ2n) is 3.58. The van der Waals surface area contributed by atoms with E-state index in [1.807, 2.05) is 19.9 Å². The molecule has 0 saturated heterocycles. The lowest BCUT2D eigenvalue weighted by molar-refractivity contribution is -0.385. The van der Waals surface area contributed by atoms with Crippen LogP contribution in [0.1, 0.15) is 31.0 Å². The van der Waals surface area contributed by atoms with Crippen LogP contribution >= 0.6 is 0 Å². The van der Waals surface area contributed by atoms with Crippen LogP contribution in [0.4, 0.5) is 5.69 Å². The Morgan fingerprint density at radius 2 is 2.25 bits per heavy atom. The molecule has 0 fully saturated rings. The minimum absolute atomic E-state index is 0.0701. The Balaban J connectivity index is 2.89. The summed E-state index contributed by atoms with van der Waals surface area (Å²) < 4.78 is 0. The lowest BCUT2D eigenvalue weighted by atomic mass is 10.1. The van der Waals surface area contributed by atoms with Crippen molar-refractivity contribution in [1.82, 2.24) is 5.48 Å². The zero-order valence-corrected chi connectivity index (χ0v) is 9.69.